The van der Waals surface area contributed by atoms with Crippen LogP contribution in [0.2, 0.25) is 0 Å². The Morgan fingerprint density at radius 1 is 1.11 bits per heavy atom. The third-order valence-electron chi connectivity index (χ3n) is 4.21. The Morgan fingerprint density at radius 2 is 1.82 bits per heavy atom. The number of nitrogens with zero attached hydrogens (tertiary/aromatic N) is 1. The maximum Gasteiger partial charge on any atom is 0.282 e. The highest BCUT2D eigenvalue weighted by molar-refractivity contribution is 6.01. The second-order valence-electron chi connectivity index (χ2n) is 6.15. The number of nitro groups is 1. The quantitative estimate of drug-likeness (QED) is 0.581. The molecule has 0 spiro atoms. The molecule has 2 amide bonds. The van der Waals surface area contributed by atoms with Gasteiger partial charge < -0.3 is 9.47 Å². The molecule has 2 aromatic rings. The van der Waals surface area contributed by atoms with Crippen LogP contribution in [-0.2, 0) is 4.74 Å². The van der Waals surface area contributed by atoms with Crippen LogP contribution in [0, 0.1) is 10.1 Å². The average Bonchev–Trinajstić information content (AvgIpc) is 3.24. The van der Waals surface area contributed by atoms with Gasteiger partial charge >= 0.3 is 0 Å². The first-order valence-corrected chi connectivity index (χ1v) is 8.73. The zero-order valence-corrected chi connectivity index (χ0v) is 14.9. The molecular weight excluding hydrogens is 366 g/mol. The van der Waals surface area contributed by atoms with Crippen molar-refractivity contribution in [1.82, 2.24) is 10.9 Å². The fraction of sp³-hybridized carbons (Fsp3) is 0.263. The van der Waals surface area contributed by atoms with E-state index in [1.165, 1.54) is 24.3 Å². The Bertz CT molecular complexity index is 862. The standard InChI is InChI=1S/C19H19N3O6/c23-18(20-21-19(24)16-5-1-2-6-17(16)22(25)26)13-7-9-14(10-8-13)28-12-15-4-3-11-27-15/h1-2,5-10,15H,3-4,11-12H2,(H,20,23)(H,21,24). The number of nitro benzene ring substituents is 1. The summed E-state index contributed by atoms with van der Waals surface area (Å²) in [7, 11) is 0. The molecule has 0 aliphatic carbocycles. The Labute approximate surface area is 160 Å². The number of nitrogens with one attached hydrogen (secondary N) is 2. The lowest BCUT2D eigenvalue weighted by Gasteiger charge is -2.12. The van der Waals surface area contributed by atoms with Gasteiger partial charge in [0.05, 0.1) is 11.0 Å². The third kappa shape index (κ3) is 4.83. The molecule has 1 aliphatic rings. The molecule has 1 fully saturated rings. The first-order valence-electron chi connectivity index (χ1n) is 8.73. The molecule has 2 aromatic carbocycles. The van der Waals surface area contributed by atoms with Crippen molar-refractivity contribution in [2.75, 3.05) is 13.2 Å². The summed E-state index contributed by atoms with van der Waals surface area (Å²) < 4.78 is 11.1. The monoisotopic (exact) mass is 385 g/mol. The lowest BCUT2D eigenvalue weighted by atomic mass is 10.2. The zero-order valence-electron chi connectivity index (χ0n) is 14.9. The third-order valence-corrected chi connectivity index (χ3v) is 4.21. The molecule has 1 atom stereocenters. The summed E-state index contributed by atoms with van der Waals surface area (Å²) in [6.07, 6.45) is 2.10. The van der Waals surface area contributed by atoms with E-state index in [-0.39, 0.29) is 17.4 Å². The maximum absolute atomic E-state index is 12.2. The molecule has 9 nitrogen and oxygen atoms in total. The van der Waals surface area contributed by atoms with Crippen molar-refractivity contribution >= 4 is 17.5 Å². The van der Waals surface area contributed by atoms with E-state index in [1.54, 1.807) is 24.3 Å². The van der Waals surface area contributed by atoms with Crippen molar-refractivity contribution in [2.24, 2.45) is 0 Å². The highest BCUT2D eigenvalue weighted by Crippen LogP contribution is 2.18. The number of hydrazine groups is 1. The van der Waals surface area contributed by atoms with Gasteiger partial charge in [-0.15, -0.1) is 0 Å². The van der Waals surface area contributed by atoms with E-state index in [2.05, 4.69) is 10.9 Å². The second-order valence-corrected chi connectivity index (χ2v) is 6.15. The van der Waals surface area contributed by atoms with E-state index in [0.29, 0.717) is 17.9 Å². The second kappa shape index (κ2) is 8.96. The van der Waals surface area contributed by atoms with Crippen LogP contribution in [0.5, 0.6) is 5.75 Å². The first kappa shape index (κ1) is 19.3. The van der Waals surface area contributed by atoms with Gasteiger partial charge in [-0.1, -0.05) is 12.1 Å². The molecule has 0 radical (unpaired) electrons. The lowest BCUT2D eigenvalue weighted by molar-refractivity contribution is -0.385. The van der Waals surface area contributed by atoms with Crippen LogP contribution >= 0.6 is 0 Å². The minimum atomic E-state index is -0.780. The molecule has 1 heterocycles. The number of carbonyl (C=O) groups is 2. The van der Waals surface area contributed by atoms with Crippen molar-refractivity contribution in [2.45, 2.75) is 18.9 Å². The smallest absolute Gasteiger partial charge is 0.282 e. The van der Waals surface area contributed by atoms with Gasteiger partial charge in [0.1, 0.15) is 17.9 Å². The van der Waals surface area contributed by atoms with Crippen LogP contribution in [0.15, 0.2) is 48.5 Å². The minimum absolute atomic E-state index is 0.0974. The van der Waals surface area contributed by atoms with E-state index < -0.39 is 16.7 Å². The van der Waals surface area contributed by atoms with Crippen molar-refractivity contribution in [3.05, 3.63) is 69.8 Å². The van der Waals surface area contributed by atoms with Crippen LogP contribution in [0.1, 0.15) is 33.6 Å². The van der Waals surface area contributed by atoms with Gasteiger partial charge in [-0.05, 0) is 43.2 Å². The zero-order chi connectivity index (χ0) is 19.9. The molecule has 1 saturated heterocycles. The molecule has 9 heteroatoms. The molecule has 1 unspecified atom stereocenters. The van der Waals surface area contributed by atoms with Crippen molar-refractivity contribution < 1.29 is 24.0 Å². The normalized spacial score (nSPS) is 15.6. The maximum atomic E-state index is 12.2. The van der Waals surface area contributed by atoms with E-state index in [1.807, 2.05) is 0 Å². The van der Waals surface area contributed by atoms with Crippen molar-refractivity contribution in [3.8, 4) is 5.75 Å². The predicted octanol–water partition coefficient (Wildman–Crippen LogP) is 2.23. The molecule has 28 heavy (non-hydrogen) atoms. The fourth-order valence-corrected chi connectivity index (χ4v) is 2.75. The average molecular weight is 385 g/mol. The SMILES string of the molecule is O=C(NNC(=O)c1ccccc1[N+](=O)[O-])c1ccc(OCC2CCCO2)cc1. The Hall–Kier alpha value is -3.46. The Morgan fingerprint density at radius 3 is 2.50 bits per heavy atom. The van der Waals surface area contributed by atoms with Gasteiger partial charge in [-0.2, -0.15) is 0 Å². The van der Waals surface area contributed by atoms with Crippen molar-refractivity contribution in [1.29, 1.82) is 0 Å². The summed E-state index contributed by atoms with van der Waals surface area (Å²) in [5, 5.41) is 11.0. The molecule has 1 aliphatic heterocycles. The van der Waals surface area contributed by atoms with Gasteiger partial charge in [-0.25, -0.2) is 0 Å². The van der Waals surface area contributed by atoms with Gasteiger partial charge in [0, 0.05) is 18.2 Å². The molecular formula is C19H19N3O6. The predicted molar refractivity (Wildman–Crippen MR) is 98.9 cm³/mol. The van der Waals surface area contributed by atoms with Crippen molar-refractivity contribution in [3.63, 3.8) is 0 Å². The lowest BCUT2D eigenvalue weighted by Crippen LogP contribution is -2.41. The number of hydrogen-bond donors (Lipinski definition) is 2. The molecule has 0 aromatic heterocycles. The summed E-state index contributed by atoms with van der Waals surface area (Å²) in [4.78, 5) is 34.6. The van der Waals surface area contributed by atoms with E-state index in [9.17, 15) is 19.7 Å². The van der Waals surface area contributed by atoms with Gasteiger partial charge in [-0.3, -0.25) is 30.6 Å². The summed E-state index contributed by atoms with van der Waals surface area (Å²) in [5.74, 6) is -0.731. The molecule has 3 rings (SSSR count). The van der Waals surface area contributed by atoms with Crippen LogP contribution in [-0.4, -0.2) is 36.1 Å². The number of para-hydroxylation sites is 1. The summed E-state index contributed by atoms with van der Waals surface area (Å²) >= 11 is 0. The highest BCUT2D eigenvalue weighted by Gasteiger charge is 2.20. The Balaban J connectivity index is 1.53. The number of hydrogen-bond acceptors (Lipinski definition) is 6. The van der Waals surface area contributed by atoms with Crippen LogP contribution in [0.4, 0.5) is 5.69 Å². The molecule has 146 valence electrons. The van der Waals surface area contributed by atoms with Crippen LogP contribution in [0.3, 0.4) is 0 Å². The summed E-state index contributed by atoms with van der Waals surface area (Å²) in [6.45, 7) is 1.21. The largest absolute Gasteiger partial charge is 0.491 e. The van der Waals surface area contributed by atoms with Crippen LogP contribution in [0.25, 0.3) is 0 Å². The van der Waals surface area contributed by atoms with Crippen LogP contribution < -0.4 is 15.6 Å². The highest BCUT2D eigenvalue weighted by atomic mass is 16.6. The van der Waals surface area contributed by atoms with Gasteiger partial charge in [0.25, 0.3) is 17.5 Å². The minimum Gasteiger partial charge on any atom is -0.491 e. The molecule has 0 bridgehead atoms. The van der Waals surface area contributed by atoms with E-state index in [4.69, 9.17) is 9.47 Å². The van der Waals surface area contributed by atoms with Gasteiger partial charge in [0.15, 0.2) is 0 Å². The first-order chi connectivity index (χ1) is 13.5. The number of ether oxygens (including phenoxy) is 2. The Kier molecular flexibility index (Phi) is 6.18. The summed E-state index contributed by atoms with van der Waals surface area (Å²) in [6, 6.07) is 11.9. The number of amides is 2. The fourth-order valence-electron chi connectivity index (χ4n) is 2.75. The molecule has 2 N–H and O–H groups in total. The number of benzene rings is 2. The van der Waals surface area contributed by atoms with E-state index in [0.717, 1.165) is 19.4 Å². The number of carbonyl (C=O) groups excluding carboxylic acids is 2. The summed E-state index contributed by atoms with van der Waals surface area (Å²) in [5.41, 5.74) is 4.22. The number of rotatable bonds is 6. The topological polar surface area (TPSA) is 120 Å². The molecule has 0 saturated carbocycles. The van der Waals surface area contributed by atoms with E-state index >= 15 is 0 Å². The van der Waals surface area contributed by atoms with Gasteiger partial charge in [0.2, 0.25) is 0 Å².